The lowest BCUT2D eigenvalue weighted by molar-refractivity contribution is 0.0947. The highest BCUT2D eigenvalue weighted by atomic mass is 16.5. The highest BCUT2D eigenvalue weighted by molar-refractivity contribution is 6.06. The van der Waals surface area contributed by atoms with Gasteiger partial charge in [0.05, 0.1) is 29.7 Å². The quantitative estimate of drug-likeness (QED) is 0.565. The van der Waals surface area contributed by atoms with E-state index < -0.39 is 0 Å². The molecule has 0 spiro atoms. The fraction of sp³-hybridized carbons (Fsp3) is 0.211. The van der Waals surface area contributed by atoms with Crippen LogP contribution >= 0.6 is 0 Å². The second-order valence-corrected chi connectivity index (χ2v) is 6.29. The van der Waals surface area contributed by atoms with Gasteiger partial charge in [0, 0.05) is 36.1 Å². The maximum Gasteiger partial charge on any atom is 0.255 e. The van der Waals surface area contributed by atoms with Gasteiger partial charge in [0.1, 0.15) is 5.75 Å². The zero-order chi connectivity index (χ0) is 19.0. The van der Waals surface area contributed by atoms with Crippen LogP contribution in [0.25, 0.3) is 11.4 Å². The Labute approximate surface area is 156 Å². The van der Waals surface area contributed by atoms with Crippen LogP contribution in [0.5, 0.6) is 5.75 Å². The van der Waals surface area contributed by atoms with E-state index in [1.54, 1.807) is 19.4 Å². The number of nitrogens with two attached hydrogens (primary N) is 1. The van der Waals surface area contributed by atoms with E-state index in [0.29, 0.717) is 35.6 Å². The van der Waals surface area contributed by atoms with Crippen molar-refractivity contribution in [1.29, 1.82) is 0 Å². The van der Waals surface area contributed by atoms with Crippen LogP contribution < -0.4 is 21.1 Å². The molecule has 0 bridgehead atoms. The van der Waals surface area contributed by atoms with Crippen LogP contribution in [0.4, 0.5) is 17.3 Å². The second-order valence-electron chi connectivity index (χ2n) is 6.29. The fourth-order valence-electron chi connectivity index (χ4n) is 3.32. The fourth-order valence-corrected chi connectivity index (χ4v) is 3.32. The molecule has 0 aliphatic carbocycles. The molecule has 0 atom stereocenters. The summed E-state index contributed by atoms with van der Waals surface area (Å²) in [5.74, 6) is 0.818. The van der Waals surface area contributed by atoms with Gasteiger partial charge in [-0.2, -0.15) is 0 Å². The van der Waals surface area contributed by atoms with Crippen molar-refractivity contribution in [3.63, 3.8) is 0 Å². The van der Waals surface area contributed by atoms with Gasteiger partial charge in [-0.15, -0.1) is 0 Å². The summed E-state index contributed by atoms with van der Waals surface area (Å²) < 4.78 is 5.40. The van der Waals surface area contributed by atoms with Crippen molar-refractivity contribution >= 4 is 23.2 Å². The van der Waals surface area contributed by atoms with Gasteiger partial charge in [0.25, 0.3) is 5.91 Å². The van der Waals surface area contributed by atoms with Gasteiger partial charge < -0.3 is 26.1 Å². The number of carbonyl (C=O) groups excluding carboxylic acids is 1. The third-order valence-corrected chi connectivity index (χ3v) is 4.66. The van der Waals surface area contributed by atoms with E-state index in [-0.39, 0.29) is 11.9 Å². The number of carbonyl (C=O) groups is 1. The molecule has 0 fully saturated rings. The molecule has 0 saturated heterocycles. The van der Waals surface area contributed by atoms with E-state index in [1.165, 1.54) is 0 Å². The average molecular weight is 364 g/mol. The van der Waals surface area contributed by atoms with Gasteiger partial charge in [-0.05, 0) is 25.1 Å². The summed E-state index contributed by atoms with van der Waals surface area (Å²) in [4.78, 5) is 24.2. The zero-order valence-electron chi connectivity index (χ0n) is 15.1. The number of anilines is 3. The van der Waals surface area contributed by atoms with Gasteiger partial charge in [-0.1, -0.05) is 6.07 Å². The minimum atomic E-state index is -0.121. The molecule has 2 aromatic heterocycles. The van der Waals surface area contributed by atoms with Gasteiger partial charge >= 0.3 is 0 Å². The van der Waals surface area contributed by atoms with Crippen LogP contribution in [-0.2, 0) is 6.42 Å². The lowest BCUT2D eigenvalue weighted by atomic mass is 10.1. The number of nitrogen functional groups attached to an aromatic ring is 1. The van der Waals surface area contributed by atoms with E-state index in [4.69, 9.17) is 10.5 Å². The Morgan fingerprint density at radius 3 is 2.93 bits per heavy atom. The van der Waals surface area contributed by atoms with Gasteiger partial charge in [-0.25, -0.2) is 9.97 Å². The Balaban J connectivity index is 1.88. The number of aromatic nitrogens is 3. The molecule has 8 heteroatoms. The van der Waals surface area contributed by atoms with Crippen LogP contribution in [0.1, 0.15) is 21.6 Å². The maximum atomic E-state index is 12.6. The van der Waals surface area contributed by atoms with Crippen molar-refractivity contribution < 1.29 is 9.53 Å². The van der Waals surface area contributed by atoms with Gasteiger partial charge in [0.2, 0.25) is 5.95 Å². The minimum absolute atomic E-state index is 0.121. The van der Waals surface area contributed by atoms with Crippen molar-refractivity contribution in [2.45, 2.75) is 13.3 Å². The number of methoxy groups -OCH3 is 1. The van der Waals surface area contributed by atoms with Gasteiger partial charge in [-0.3, -0.25) is 4.79 Å². The summed E-state index contributed by atoms with van der Waals surface area (Å²) in [7, 11) is 1.63. The first-order valence-corrected chi connectivity index (χ1v) is 8.61. The third-order valence-electron chi connectivity index (χ3n) is 4.66. The molecule has 0 saturated carbocycles. The Morgan fingerprint density at radius 1 is 1.30 bits per heavy atom. The van der Waals surface area contributed by atoms with E-state index in [2.05, 4.69) is 25.6 Å². The zero-order valence-corrected chi connectivity index (χ0v) is 15.1. The number of hydrogen-bond donors (Lipinski definition) is 4. The largest absolute Gasteiger partial charge is 0.496 e. The molecule has 8 nitrogen and oxygen atoms in total. The number of H-pyrrole nitrogens is 1. The monoisotopic (exact) mass is 364 g/mol. The summed E-state index contributed by atoms with van der Waals surface area (Å²) in [6.07, 6.45) is 2.31. The number of nitrogens with one attached hydrogen (secondary N) is 3. The van der Waals surface area contributed by atoms with Gasteiger partial charge in [0.15, 0.2) is 0 Å². The number of ether oxygens (including phenoxy) is 1. The molecule has 5 N–H and O–H groups in total. The normalized spacial score (nSPS) is 13.0. The van der Waals surface area contributed by atoms with Crippen LogP contribution in [-0.4, -0.2) is 34.5 Å². The lowest BCUT2D eigenvalue weighted by Crippen LogP contribution is -2.31. The van der Waals surface area contributed by atoms with E-state index in [0.717, 1.165) is 22.7 Å². The Kier molecular flexibility index (Phi) is 4.15. The summed E-state index contributed by atoms with van der Waals surface area (Å²) in [6, 6.07) is 7.49. The van der Waals surface area contributed by atoms with E-state index in [1.807, 2.05) is 25.1 Å². The molecule has 3 aromatic rings. The summed E-state index contributed by atoms with van der Waals surface area (Å²) in [6.45, 7) is 2.55. The molecule has 27 heavy (non-hydrogen) atoms. The van der Waals surface area contributed by atoms with Crippen LogP contribution in [0.2, 0.25) is 0 Å². The van der Waals surface area contributed by atoms with Crippen LogP contribution in [0.15, 0.2) is 30.5 Å². The molecular formula is C19H20N6O2. The molecular weight excluding hydrogens is 344 g/mol. The first-order valence-electron chi connectivity index (χ1n) is 8.61. The smallest absolute Gasteiger partial charge is 0.255 e. The standard InChI is InChI=1S/C19H20N6O2/c1-10-11(4-3-5-14(10)27-2)23-17-15-12(6-8-21-18(15)26)24-16(17)13-7-9-22-19(20)25-13/h3-5,7,9,23-24H,6,8H2,1-2H3,(H,21,26)(H2,20,22,25). The number of amides is 1. The van der Waals surface area contributed by atoms with Crippen molar-refractivity contribution in [2.24, 2.45) is 0 Å². The van der Waals surface area contributed by atoms with Crippen LogP contribution in [0, 0.1) is 6.92 Å². The topological polar surface area (TPSA) is 118 Å². The molecule has 3 heterocycles. The number of hydrogen-bond acceptors (Lipinski definition) is 6. The molecule has 0 unspecified atom stereocenters. The summed E-state index contributed by atoms with van der Waals surface area (Å²) >= 11 is 0. The number of aromatic amines is 1. The first-order chi connectivity index (χ1) is 13.1. The number of nitrogens with zero attached hydrogens (tertiary/aromatic N) is 2. The summed E-state index contributed by atoms with van der Waals surface area (Å²) in [5, 5.41) is 6.30. The average Bonchev–Trinajstić information content (AvgIpc) is 3.03. The minimum Gasteiger partial charge on any atom is -0.496 e. The SMILES string of the molecule is COc1cccc(Nc2c(-c3ccnc(N)n3)[nH]c3c2C(=O)NCC3)c1C. The highest BCUT2D eigenvalue weighted by Gasteiger charge is 2.27. The molecule has 4 rings (SSSR count). The highest BCUT2D eigenvalue weighted by Crippen LogP contribution is 2.37. The van der Waals surface area contributed by atoms with Crippen molar-refractivity contribution in [2.75, 3.05) is 24.7 Å². The molecule has 138 valence electrons. The number of rotatable bonds is 4. The van der Waals surface area contributed by atoms with E-state index in [9.17, 15) is 4.79 Å². The molecule has 1 amide bonds. The number of benzene rings is 1. The Hall–Kier alpha value is -3.55. The second kappa shape index (κ2) is 6.64. The molecule has 1 aliphatic heterocycles. The number of fused-ring (bicyclic) bond motifs is 1. The molecule has 1 aliphatic rings. The van der Waals surface area contributed by atoms with Crippen molar-refractivity contribution in [3.8, 4) is 17.1 Å². The molecule has 1 aromatic carbocycles. The predicted octanol–water partition coefficient (Wildman–Crippen LogP) is 2.40. The maximum absolute atomic E-state index is 12.6. The Bertz CT molecular complexity index is 1030. The molecule has 0 radical (unpaired) electrons. The predicted molar refractivity (Wildman–Crippen MR) is 103 cm³/mol. The summed E-state index contributed by atoms with van der Waals surface area (Å²) in [5.41, 5.74) is 11.0. The first kappa shape index (κ1) is 16.9. The van der Waals surface area contributed by atoms with Crippen molar-refractivity contribution in [3.05, 3.63) is 47.3 Å². The Morgan fingerprint density at radius 2 is 2.15 bits per heavy atom. The van der Waals surface area contributed by atoms with E-state index >= 15 is 0 Å². The van der Waals surface area contributed by atoms with Crippen molar-refractivity contribution in [1.82, 2.24) is 20.3 Å². The third kappa shape index (κ3) is 2.95. The van der Waals surface area contributed by atoms with Crippen LogP contribution in [0.3, 0.4) is 0 Å². The lowest BCUT2D eigenvalue weighted by Gasteiger charge is -2.17.